The van der Waals surface area contributed by atoms with Gasteiger partial charge in [0.25, 0.3) is 20.2 Å². The van der Waals surface area contributed by atoms with Gasteiger partial charge >= 0.3 is 12.4 Å². The first kappa shape index (κ1) is 21.4. The molecule has 14 heteroatoms. The zero-order valence-electron chi connectivity index (χ0n) is 11.1. The lowest BCUT2D eigenvalue weighted by molar-refractivity contribution is -0.278. The minimum absolute atomic E-state index is 0.828. The van der Waals surface area contributed by atoms with Gasteiger partial charge in [0.05, 0.1) is 11.5 Å². The second-order valence-electron chi connectivity index (χ2n) is 3.81. The van der Waals surface area contributed by atoms with Gasteiger partial charge in [-0.2, -0.15) is 43.2 Å². The summed E-state index contributed by atoms with van der Waals surface area (Å²) in [6.45, 7) is 1.66. The van der Waals surface area contributed by atoms with Crippen LogP contribution in [-0.4, -0.2) is 52.9 Å². The zero-order valence-corrected chi connectivity index (χ0v) is 12.7. The fourth-order valence-corrected chi connectivity index (χ4v) is 2.33. The molecule has 0 fully saturated rings. The van der Waals surface area contributed by atoms with E-state index in [2.05, 4.69) is 8.37 Å². The molecule has 2 atom stereocenters. The molecule has 0 aromatic carbocycles. The number of hydrogen-bond donors (Lipinski definition) is 0. The Bertz CT molecular complexity index is 511. The van der Waals surface area contributed by atoms with Crippen LogP contribution in [0.2, 0.25) is 0 Å². The Morgan fingerprint density at radius 3 is 1.09 bits per heavy atom. The molecule has 0 aliphatic carbocycles. The normalized spacial score (nSPS) is 17.3. The lowest BCUT2D eigenvalue weighted by Crippen LogP contribution is -2.52. The molecule has 0 bridgehead atoms. The molecule has 134 valence electrons. The summed E-state index contributed by atoms with van der Waals surface area (Å²) in [4.78, 5) is 0. The van der Waals surface area contributed by atoms with Crippen LogP contribution in [0.1, 0.15) is 13.8 Å². The second-order valence-corrected chi connectivity index (χ2v) is 7.58. The highest BCUT2D eigenvalue weighted by Crippen LogP contribution is 2.37. The molecule has 0 radical (unpaired) electrons. The average Bonchev–Trinajstić information content (AvgIpc) is 2.31. The van der Waals surface area contributed by atoms with Crippen LogP contribution >= 0.6 is 0 Å². The quantitative estimate of drug-likeness (QED) is 0.491. The molecular formula is C8H12F6O6S2. The molecule has 6 nitrogen and oxygen atoms in total. The van der Waals surface area contributed by atoms with E-state index in [0.29, 0.717) is 0 Å². The van der Waals surface area contributed by atoms with Crippen molar-refractivity contribution in [3.8, 4) is 0 Å². The molecule has 0 saturated heterocycles. The molecule has 0 rings (SSSR count). The Labute approximate surface area is 122 Å². The molecular weight excluding hydrogens is 370 g/mol. The van der Waals surface area contributed by atoms with Crippen molar-refractivity contribution in [2.75, 3.05) is 11.5 Å². The Kier molecular flexibility index (Phi) is 6.69. The smallest absolute Gasteiger partial charge is 0.254 e. The van der Waals surface area contributed by atoms with E-state index in [1.165, 1.54) is 0 Å². The first-order valence-electron chi connectivity index (χ1n) is 5.51. The molecule has 0 heterocycles. The van der Waals surface area contributed by atoms with Crippen molar-refractivity contribution in [3.63, 3.8) is 0 Å². The summed E-state index contributed by atoms with van der Waals surface area (Å²) in [5, 5.41) is 0. The van der Waals surface area contributed by atoms with Gasteiger partial charge in [-0.3, -0.25) is 8.37 Å². The molecule has 0 aliphatic rings. The molecule has 0 aliphatic heterocycles. The Hall–Kier alpha value is -0.600. The van der Waals surface area contributed by atoms with Gasteiger partial charge in [0, 0.05) is 0 Å². The van der Waals surface area contributed by atoms with Crippen molar-refractivity contribution < 1.29 is 51.5 Å². The second kappa shape index (κ2) is 6.88. The molecule has 0 spiro atoms. The third-order valence-corrected chi connectivity index (χ3v) is 4.54. The first-order chi connectivity index (χ1) is 9.56. The molecule has 22 heavy (non-hydrogen) atoms. The van der Waals surface area contributed by atoms with Gasteiger partial charge in [-0.15, -0.1) is 0 Å². The van der Waals surface area contributed by atoms with Crippen molar-refractivity contribution in [2.45, 2.75) is 38.4 Å². The molecule has 0 N–H and O–H groups in total. The molecule has 0 aromatic heterocycles. The monoisotopic (exact) mass is 382 g/mol. The van der Waals surface area contributed by atoms with Crippen LogP contribution in [0.25, 0.3) is 0 Å². The SMILES string of the molecule is CCS(=O)(=O)OC(C(OS(=O)(=O)CC)C(F)(F)F)C(F)(F)F. The minimum Gasteiger partial charge on any atom is -0.254 e. The van der Waals surface area contributed by atoms with Gasteiger partial charge in [0.15, 0.2) is 0 Å². The van der Waals surface area contributed by atoms with E-state index in [-0.39, 0.29) is 0 Å². The largest absolute Gasteiger partial charge is 0.419 e. The fraction of sp³-hybridized carbons (Fsp3) is 1.00. The summed E-state index contributed by atoms with van der Waals surface area (Å²) in [5.74, 6) is -2.10. The summed E-state index contributed by atoms with van der Waals surface area (Å²) in [5.41, 5.74) is 0. The van der Waals surface area contributed by atoms with E-state index in [1.54, 1.807) is 0 Å². The van der Waals surface area contributed by atoms with Crippen molar-refractivity contribution >= 4 is 20.2 Å². The lowest BCUT2D eigenvalue weighted by atomic mass is 10.2. The Balaban J connectivity index is 5.89. The van der Waals surface area contributed by atoms with E-state index in [4.69, 9.17) is 0 Å². The van der Waals surface area contributed by atoms with E-state index < -0.39 is 56.3 Å². The number of rotatable bonds is 7. The van der Waals surface area contributed by atoms with Crippen LogP contribution in [0.3, 0.4) is 0 Å². The van der Waals surface area contributed by atoms with Gasteiger partial charge in [0.2, 0.25) is 12.2 Å². The predicted octanol–water partition coefficient (Wildman–Crippen LogP) is 1.58. The van der Waals surface area contributed by atoms with Crippen LogP contribution in [0.15, 0.2) is 0 Å². The Morgan fingerprint density at radius 1 is 0.727 bits per heavy atom. The number of hydrogen-bond acceptors (Lipinski definition) is 6. The molecule has 2 unspecified atom stereocenters. The summed E-state index contributed by atoms with van der Waals surface area (Å²) >= 11 is 0. The highest BCUT2D eigenvalue weighted by molar-refractivity contribution is 7.87. The maximum absolute atomic E-state index is 12.7. The predicted molar refractivity (Wildman–Crippen MR) is 60.8 cm³/mol. The van der Waals surface area contributed by atoms with Gasteiger partial charge in [-0.25, -0.2) is 0 Å². The highest BCUT2D eigenvalue weighted by Gasteiger charge is 2.60. The summed E-state index contributed by atoms with van der Waals surface area (Å²) in [7, 11) is -9.93. The first-order valence-corrected chi connectivity index (χ1v) is 8.66. The third-order valence-electron chi connectivity index (χ3n) is 2.13. The third kappa shape index (κ3) is 6.66. The fourth-order valence-electron chi connectivity index (χ4n) is 1.01. The van der Waals surface area contributed by atoms with Gasteiger partial charge < -0.3 is 0 Å². The number of halogens is 6. The standard InChI is InChI=1S/C8H12F6O6S2/c1-3-21(15,16)19-5(7(9,10)11)6(8(12,13)14)20-22(17,18)4-2/h5-6H,3-4H2,1-2H3. The topological polar surface area (TPSA) is 86.7 Å². The van der Waals surface area contributed by atoms with Crippen LogP contribution in [-0.2, 0) is 28.6 Å². The average molecular weight is 382 g/mol. The molecule has 0 aromatic rings. The minimum atomic E-state index is -5.84. The van der Waals surface area contributed by atoms with E-state index in [1.807, 2.05) is 0 Å². The van der Waals surface area contributed by atoms with E-state index >= 15 is 0 Å². The van der Waals surface area contributed by atoms with Crippen LogP contribution < -0.4 is 0 Å². The lowest BCUT2D eigenvalue weighted by Gasteiger charge is -2.29. The van der Waals surface area contributed by atoms with Gasteiger partial charge in [-0.1, -0.05) is 0 Å². The number of alkyl halides is 6. The summed E-state index contributed by atoms with van der Waals surface area (Å²) < 4.78 is 127. The zero-order chi connectivity index (χ0) is 18.0. The van der Waals surface area contributed by atoms with Crippen molar-refractivity contribution in [3.05, 3.63) is 0 Å². The highest BCUT2D eigenvalue weighted by atomic mass is 32.2. The van der Waals surface area contributed by atoms with E-state index in [9.17, 15) is 43.2 Å². The summed E-state index contributed by atoms with van der Waals surface area (Å²) in [6.07, 6.45) is -19.8. The van der Waals surface area contributed by atoms with Gasteiger partial charge in [0.1, 0.15) is 0 Å². The van der Waals surface area contributed by atoms with Crippen molar-refractivity contribution in [1.29, 1.82) is 0 Å². The van der Waals surface area contributed by atoms with Crippen LogP contribution in [0.5, 0.6) is 0 Å². The van der Waals surface area contributed by atoms with Crippen LogP contribution in [0.4, 0.5) is 26.3 Å². The van der Waals surface area contributed by atoms with Crippen molar-refractivity contribution in [1.82, 2.24) is 0 Å². The maximum atomic E-state index is 12.7. The van der Waals surface area contributed by atoms with E-state index in [0.717, 1.165) is 13.8 Å². The maximum Gasteiger partial charge on any atom is 0.419 e. The molecule has 0 saturated carbocycles. The summed E-state index contributed by atoms with van der Waals surface area (Å²) in [6, 6.07) is 0. The van der Waals surface area contributed by atoms with Crippen LogP contribution in [0, 0.1) is 0 Å². The van der Waals surface area contributed by atoms with Crippen molar-refractivity contribution in [2.24, 2.45) is 0 Å². The molecule has 0 amide bonds. The van der Waals surface area contributed by atoms with Gasteiger partial charge in [-0.05, 0) is 13.8 Å². The Morgan fingerprint density at radius 2 is 0.955 bits per heavy atom.